The second-order valence-corrected chi connectivity index (χ2v) is 6.17. The Morgan fingerprint density at radius 3 is 2.79 bits per heavy atom. The summed E-state index contributed by atoms with van der Waals surface area (Å²) in [6, 6.07) is 7.61. The molecule has 0 unspecified atom stereocenters. The number of nitrogens with zero attached hydrogens (tertiary/aromatic N) is 3. The maximum Gasteiger partial charge on any atom is 0.317 e. The normalized spacial score (nSPS) is 14.5. The first kappa shape index (κ1) is 16.4. The number of nitrogens with one attached hydrogen (secondary N) is 1. The van der Waals surface area contributed by atoms with Gasteiger partial charge in [0, 0.05) is 32.9 Å². The van der Waals surface area contributed by atoms with Crippen molar-refractivity contribution in [3.63, 3.8) is 0 Å². The van der Waals surface area contributed by atoms with E-state index in [0.29, 0.717) is 13.1 Å². The van der Waals surface area contributed by atoms with Gasteiger partial charge in [0.1, 0.15) is 11.6 Å². The molecule has 3 heterocycles. The van der Waals surface area contributed by atoms with Crippen LogP contribution in [0.2, 0.25) is 0 Å². The molecule has 1 aliphatic rings. The summed E-state index contributed by atoms with van der Waals surface area (Å²) in [4.78, 5) is 20.5. The van der Waals surface area contributed by atoms with Crippen LogP contribution in [0.25, 0.3) is 0 Å². The zero-order valence-electron chi connectivity index (χ0n) is 14.1. The molecular formula is C18H24N4O2. The van der Waals surface area contributed by atoms with E-state index in [-0.39, 0.29) is 6.03 Å². The number of carbonyl (C=O) groups is 1. The fraction of sp³-hybridized carbons (Fsp3) is 0.444. The average Bonchev–Trinajstić information content (AvgIpc) is 3.14. The Balaban J connectivity index is 1.48. The standard InChI is InChI=1S/C18H24N4O2/c1-21(14-16-6-5-11-24-16)18(23)20-13-15-7-8-17(19-12-15)22-9-3-2-4-10-22/h5-8,11-12H,2-4,9-10,13-14H2,1H3,(H,20,23). The van der Waals surface area contributed by atoms with Crippen molar-refractivity contribution in [2.24, 2.45) is 0 Å². The second-order valence-electron chi connectivity index (χ2n) is 6.17. The first-order valence-electron chi connectivity index (χ1n) is 8.43. The van der Waals surface area contributed by atoms with E-state index in [1.165, 1.54) is 19.3 Å². The number of urea groups is 1. The van der Waals surface area contributed by atoms with Crippen LogP contribution in [0, 0.1) is 0 Å². The van der Waals surface area contributed by atoms with E-state index in [1.54, 1.807) is 18.2 Å². The number of hydrogen-bond acceptors (Lipinski definition) is 4. The van der Waals surface area contributed by atoms with Crippen molar-refractivity contribution in [3.05, 3.63) is 48.0 Å². The minimum Gasteiger partial charge on any atom is -0.467 e. The fourth-order valence-corrected chi connectivity index (χ4v) is 2.85. The van der Waals surface area contributed by atoms with Gasteiger partial charge in [0.2, 0.25) is 0 Å². The molecule has 6 heteroatoms. The van der Waals surface area contributed by atoms with Crippen LogP contribution >= 0.6 is 0 Å². The number of carbonyl (C=O) groups excluding carboxylic acids is 1. The molecule has 0 bridgehead atoms. The molecule has 0 saturated carbocycles. The van der Waals surface area contributed by atoms with Crippen molar-refractivity contribution in [2.75, 3.05) is 25.0 Å². The highest BCUT2D eigenvalue weighted by Crippen LogP contribution is 2.17. The lowest BCUT2D eigenvalue weighted by atomic mass is 10.1. The molecule has 1 fully saturated rings. The number of amides is 2. The first-order valence-corrected chi connectivity index (χ1v) is 8.43. The Hall–Kier alpha value is -2.50. The van der Waals surface area contributed by atoms with E-state index in [4.69, 9.17) is 4.42 Å². The smallest absolute Gasteiger partial charge is 0.317 e. The number of pyridine rings is 1. The Morgan fingerprint density at radius 2 is 2.12 bits per heavy atom. The van der Waals surface area contributed by atoms with Gasteiger partial charge in [-0.1, -0.05) is 6.07 Å². The highest BCUT2D eigenvalue weighted by atomic mass is 16.3. The summed E-state index contributed by atoms with van der Waals surface area (Å²) < 4.78 is 5.25. The van der Waals surface area contributed by atoms with Crippen molar-refractivity contribution >= 4 is 11.8 Å². The van der Waals surface area contributed by atoms with Crippen molar-refractivity contribution in [1.29, 1.82) is 0 Å². The van der Waals surface area contributed by atoms with Crippen molar-refractivity contribution in [3.8, 4) is 0 Å². The van der Waals surface area contributed by atoms with Crippen LogP contribution in [0.3, 0.4) is 0 Å². The van der Waals surface area contributed by atoms with E-state index in [0.717, 1.165) is 30.2 Å². The molecule has 0 aromatic carbocycles. The third kappa shape index (κ3) is 4.28. The minimum atomic E-state index is -0.133. The molecular weight excluding hydrogens is 304 g/mol. The molecule has 2 aromatic heterocycles. The summed E-state index contributed by atoms with van der Waals surface area (Å²) in [6.45, 7) is 3.08. The van der Waals surface area contributed by atoms with E-state index in [9.17, 15) is 4.79 Å². The van der Waals surface area contributed by atoms with Crippen LogP contribution < -0.4 is 10.2 Å². The summed E-state index contributed by atoms with van der Waals surface area (Å²) in [5.74, 6) is 1.79. The van der Waals surface area contributed by atoms with Gasteiger partial charge in [-0.05, 0) is 43.0 Å². The highest BCUT2D eigenvalue weighted by molar-refractivity contribution is 5.73. The SMILES string of the molecule is CN(Cc1ccco1)C(=O)NCc1ccc(N2CCCCC2)nc1. The Labute approximate surface area is 142 Å². The third-order valence-electron chi connectivity index (χ3n) is 4.25. The van der Waals surface area contributed by atoms with Gasteiger partial charge in [-0.15, -0.1) is 0 Å². The molecule has 2 aromatic rings. The molecule has 1 N–H and O–H groups in total. The number of rotatable bonds is 5. The molecule has 3 rings (SSSR count). The van der Waals surface area contributed by atoms with Gasteiger partial charge < -0.3 is 19.5 Å². The summed E-state index contributed by atoms with van der Waals surface area (Å²) in [5.41, 5.74) is 0.996. The molecule has 1 aliphatic heterocycles. The monoisotopic (exact) mass is 328 g/mol. The molecule has 6 nitrogen and oxygen atoms in total. The van der Waals surface area contributed by atoms with E-state index < -0.39 is 0 Å². The van der Waals surface area contributed by atoms with Gasteiger partial charge in [-0.3, -0.25) is 0 Å². The number of hydrogen-bond donors (Lipinski definition) is 1. The second kappa shape index (κ2) is 7.86. The predicted molar refractivity (Wildman–Crippen MR) is 92.7 cm³/mol. The Morgan fingerprint density at radius 1 is 1.29 bits per heavy atom. The maximum atomic E-state index is 12.1. The zero-order chi connectivity index (χ0) is 16.8. The molecule has 1 saturated heterocycles. The summed E-state index contributed by atoms with van der Waals surface area (Å²) in [5, 5.41) is 2.90. The van der Waals surface area contributed by atoms with Crippen LogP contribution in [-0.2, 0) is 13.1 Å². The van der Waals surface area contributed by atoms with Crippen molar-refractivity contribution in [1.82, 2.24) is 15.2 Å². The quantitative estimate of drug-likeness (QED) is 0.916. The van der Waals surface area contributed by atoms with Gasteiger partial charge in [-0.25, -0.2) is 9.78 Å². The van der Waals surface area contributed by atoms with Gasteiger partial charge in [-0.2, -0.15) is 0 Å². The molecule has 2 amide bonds. The van der Waals surface area contributed by atoms with Crippen molar-refractivity contribution < 1.29 is 9.21 Å². The summed E-state index contributed by atoms with van der Waals surface area (Å²) in [6.07, 6.45) is 7.24. The van der Waals surface area contributed by atoms with Crippen LogP contribution in [0.1, 0.15) is 30.6 Å². The third-order valence-corrected chi connectivity index (χ3v) is 4.25. The highest BCUT2D eigenvalue weighted by Gasteiger charge is 2.13. The van der Waals surface area contributed by atoms with Crippen LogP contribution in [0.5, 0.6) is 0 Å². The van der Waals surface area contributed by atoms with Gasteiger partial charge in [0.15, 0.2) is 0 Å². The molecule has 128 valence electrons. The maximum absolute atomic E-state index is 12.1. The lowest BCUT2D eigenvalue weighted by Crippen LogP contribution is -2.36. The number of aromatic nitrogens is 1. The summed E-state index contributed by atoms with van der Waals surface area (Å²) in [7, 11) is 1.75. The number of anilines is 1. The molecule has 0 aliphatic carbocycles. The average molecular weight is 328 g/mol. The number of furan rings is 1. The van der Waals surface area contributed by atoms with Crippen LogP contribution in [0.4, 0.5) is 10.6 Å². The lowest BCUT2D eigenvalue weighted by molar-refractivity contribution is 0.202. The Bertz CT molecular complexity index is 634. The van der Waals surface area contributed by atoms with Crippen molar-refractivity contribution in [2.45, 2.75) is 32.4 Å². The molecule has 0 radical (unpaired) electrons. The largest absolute Gasteiger partial charge is 0.467 e. The van der Waals surface area contributed by atoms with Crippen LogP contribution in [-0.4, -0.2) is 36.1 Å². The zero-order valence-corrected chi connectivity index (χ0v) is 14.1. The number of piperidine rings is 1. The van der Waals surface area contributed by atoms with E-state index in [1.807, 2.05) is 30.5 Å². The van der Waals surface area contributed by atoms with Gasteiger partial charge in [0.25, 0.3) is 0 Å². The first-order chi connectivity index (χ1) is 11.7. The summed E-state index contributed by atoms with van der Waals surface area (Å²) >= 11 is 0. The minimum absolute atomic E-state index is 0.133. The van der Waals surface area contributed by atoms with E-state index >= 15 is 0 Å². The predicted octanol–water partition coefficient (Wildman–Crippen LogP) is 3.01. The van der Waals surface area contributed by atoms with Gasteiger partial charge in [0.05, 0.1) is 12.8 Å². The van der Waals surface area contributed by atoms with Gasteiger partial charge >= 0.3 is 6.03 Å². The Kier molecular flexibility index (Phi) is 5.36. The molecule has 0 atom stereocenters. The fourth-order valence-electron chi connectivity index (χ4n) is 2.85. The molecule has 24 heavy (non-hydrogen) atoms. The van der Waals surface area contributed by atoms with Crippen LogP contribution in [0.15, 0.2) is 41.1 Å². The topological polar surface area (TPSA) is 61.6 Å². The molecule has 0 spiro atoms. The van der Waals surface area contributed by atoms with E-state index in [2.05, 4.69) is 15.2 Å². The lowest BCUT2D eigenvalue weighted by Gasteiger charge is -2.27.